The van der Waals surface area contributed by atoms with Crippen LogP contribution < -0.4 is 4.74 Å². The summed E-state index contributed by atoms with van der Waals surface area (Å²) in [4.78, 5) is 14.8. The van der Waals surface area contributed by atoms with E-state index >= 15 is 0 Å². The lowest BCUT2D eigenvalue weighted by Crippen LogP contribution is -2.45. The number of para-hydroxylation sites is 2. The van der Waals surface area contributed by atoms with Gasteiger partial charge in [-0.3, -0.25) is 4.79 Å². The molecule has 2 aromatic rings. The predicted molar refractivity (Wildman–Crippen MR) is 103 cm³/mol. The minimum absolute atomic E-state index is 0.179. The van der Waals surface area contributed by atoms with E-state index in [1.54, 1.807) is 11.8 Å². The normalized spacial score (nSPS) is 22.3. The average molecular weight is 388 g/mol. The Kier molecular flexibility index (Phi) is 5.61. The van der Waals surface area contributed by atoms with E-state index in [0.29, 0.717) is 22.6 Å². The van der Waals surface area contributed by atoms with Crippen molar-refractivity contribution in [1.82, 2.24) is 25.1 Å². The number of rotatable bonds is 5. The molecule has 27 heavy (non-hydrogen) atoms. The predicted octanol–water partition coefficient (Wildman–Crippen LogP) is 2.80. The van der Waals surface area contributed by atoms with E-state index in [0.717, 1.165) is 31.1 Å². The summed E-state index contributed by atoms with van der Waals surface area (Å²) in [5.74, 6) is 2.75. The summed E-state index contributed by atoms with van der Waals surface area (Å²) >= 11 is 1.38. The molecule has 0 bridgehead atoms. The average Bonchev–Trinajstić information content (AvgIpc) is 3.20. The molecule has 1 aliphatic heterocycles. The number of tetrazole rings is 1. The van der Waals surface area contributed by atoms with Crippen molar-refractivity contribution in [1.29, 1.82) is 0 Å². The molecule has 1 aliphatic carbocycles. The van der Waals surface area contributed by atoms with Crippen molar-refractivity contribution in [3.05, 3.63) is 24.3 Å². The van der Waals surface area contributed by atoms with Crippen LogP contribution in [0.2, 0.25) is 0 Å². The Labute approximate surface area is 163 Å². The van der Waals surface area contributed by atoms with E-state index in [4.69, 9.17) is 4.74 Å². The first-order chi connectivity index (χ1) is 13.3. The molecular formula is C19H25N5O2S. The van der Waals surface area contributed by atoms with Crippen LogP contribution in [0.1, 0.15) is 32.1 Å². The highest BCUT2D eigenvalue weighted by atomic mass is 32.2. The number of carbonyl (C=O) groups excluding carboxylic acids is 1. The molecule has 7 nitrogen and oxygen atoms in total. The molecule has 1 aromatic heterocycles. The number of hydrogen-bond donors (Lipinski definition) is 0. The maximum Gasteiger partial charge on any atom is 0.233 e. The molecule has 1 saturated heterocycles. The van der Waals surface area contributed by atoms with Crippen molar-refractivity contribution < 1.29 is 9.53 Å². The molecule has 2 fully saturated rings. The topological polar surface area (TPSA) is 73.1 Å². The van der Waals surface area contributed by atoms with E-state index < -0.39 is 0 Å². The number of nitrogens with zero attached hydrogens (tertiary/aromatic N) is 5. The number of likely N-dealkylation sites (tertiary alicyclic amines) is 1. The van der Waals surface area contributed by atoms with Crippen LogP contribution in [0.25, 0.3) is 5.69 Å². The molecule has 0 spiro atoms. The fraction of sp³-hybridized carbons (Fsp3) is 0.579. The molecule has 1 aromatic carbocycles. The number of fused-ring (bicyclic) bond motifs is 1. The van der Waals surface area contributed by atoms with Gasteiger partial charge >= 0.3 is 0 Å². The van der Waals surface area contributed by atoms with Gasteiger partial charge in [0.15, 0.2) is 0 Å². The van der Waals surface area contributed by atoms with Crippen LogP contribution >= 0.6 is 11.8 Å². The molecule has 1 amide bonds. The van der Waals surface area contributed by atoms with Crippen molar-refractivity contribution in [3.63, 3.8) is 0 Å². The molecule has 2 aliphatic rings. The van der Waals surface area contributed by atoms with Crippen LogP contribution in [0.3, 0.4) is 0 Å². The summed E-state index contributed by atoms with van der Waals surface area (Å²) < 4.78 is 7.02. The Morgan fingerprint density at radius 1 is 1.22 bits per heavy atom. The number of benzene rings is 1. The third-order valence-corrected chi connectivity index (χ3v) is 6.63. The van der Waals surface area contributed by atoms with Crippen LogP contribution in [0.4, 0.5) is 0 Å². The van der Waals surface area contributed by atoms with Crippen molar-refractivity contribution in [2.45, 2.75) is 37.3 Å². The van der Waals surface area contributed by atoms with Gasteiger partial charge in [0.05, 0.1) is 12.9 Å². The van der Waals surface area contributed by atoms with Crippen LogP contribution in [0.5, 0.6) is 5.75 Å². The van der Waals surface area contributed by atoms with Crippen LogP contribution in [-0.4, -0.2) is 57.0 Å². The SMILES string of the molecule is COc1ccccc1-n1nnnc1SCC(=O)N1CC[C@@H]2CCCC[C@@H]2C1. The molecule has 4 rings (SSSR count). The van der Waals surface area contributed by atoms with Crippen LogP contribution in [-0.2, 0) is 4.79 Å². The number of hydrogen-bond acceptors (Lipinski definition) is 6. The lowest BCUT2D eigenvalue weighted by Gasteiger charge is -2.41. The minimum Gasteiger partial charge on any atom is -0.494 e. The van der Waals surface area contributed by atoms with Crippen LogP contribution in [0, 0.1) is 11.8 Å². The second-order valence-electron chi connectivity index (χ2n) is 7.27. The lowest BCUT2D eigenvalue weighted by molar-refractivity contribution is -0.131. The summed E-state index contributed by atoms with van der Waals surface area (Å²) in [7, 11) is 1.62. The largest absolute Gasteiger partial charge is 0.494 e. The zero-order chi connectivity index (χ0) is 18.6. The number of carbonyl (C=O) groups is 1. The molecule has 8 heteroatoms. The highest BCUT2D eigenvalue weighted by molar-refractivity contribution is 7.99. The van der Waals surface area contributed by atoms with Gasteiger partial charge in [0.1, 0.15) is 11.4 Å². The van der Waals surface area contributed by atoms with Gasteiger partial charge in [-0.15, -0.1) is 5.10 Å². The van der Waals surface area contributed by atoms with Crippen molar-refractivity contribution in [2.75, 3.05) is 26.0 Å². The van der Waals surface area contributed by atoms with Gasteiger partial charge in [-0.25, -0.2) is 0 Å². The number of aromatic nitrogens is 4. The first-order valence-electron chi connectivity index (χ1n) is 9.58. The number of amides is 1. The first-order valence-corrected chi connectivity index (χ1v) is 10.6. The Balaban J connectivity index is 1.40. The van der Waals surface area contributed by atoms with Gasteiger partial charge in [0.2, 0.25) is 11.1 Å². The molecule has 144 valence electrons. The molecule has 0 radical (unpaired) electrons. The maximum absolute atomic E-state index is 12.7. The van der Waals surface area contributed by atoms with E-state index in [2.05, 4.69) is 15.5 Å². The monoisotopic (exact) mass is 387 g/mol. The molecule has 1 saturated carbocycles. The van der Waals surface area contributed by atoms with Gasteiger partial charge in [-0.1, -0.05) is 43.2 Å². The first kappa shape index (κ1) is 18.3. The summed E-state index contributed by atoms with van der Waals surface area (Å²) in [6, 6.07) is 7.57. The summed E-state index contributed by atoms with van der Waals surface area (Å²) in [5, 5.41) is 12.5. The quantitative estimate of drug-likeness (QED) is 0.735. The standard InChI is InChI=1S/C19H25N5O2S/c1-26-17-9-5-4-8-16(17)24-19(20-21-22-24)27-13-18(25)23-11-10-14-6-2-3-7-15(14)12-23/h4-5,8-9,14-15H,2-3,6-7,10-13H2,1H3/t14-,15+/m0/s1. The van der Waals surface area contributed by atoms with Crippen molar-refractivity contribution >= 4 is 17.7 Å². The molecule has 2 heterocycles. The minimum atomic E-state index is 0.179. The van der Waals surface area contributed by atoms with Gasteiger partial charge in [0.25, 0.3) is 0 Å². The smallest absolute Gasteiger partial charge is 0.233 e. The Bertz CT molecular complexity index is 796. The molecular weight excluding hydrogens is 362 g/mol. The van der Waals surface area contributed by atoms with Crippen LogP contribution in [0.15, 0.2) is 29.4 Å². The zero-order valence-electron chi connectivity index (χ0n) is 15.6. The van der Waals surface area contributed by atoms with Gasteiger partial charge < -0.3 is 9.64 Å². The Morgan fingerprint density at radius 3 is 2.89 bits per heavy atom. The Morgan fingerprint density at radius 2 is 2.04 bits per heavy atom. The van der Waals surface area contributed by atoms with Gasteiger partial charge in [-0.05, 0) is 47.2 Å². The number of thioether (sulfide) groups is 1. The van der Waals surface area contributed by atoms with E-state index in [1.807, 2.05) is 29.2 Å². The van der Waals surface area contributed by atoms with E-state index in [1.165, 1.54) is 37.4 Å². The summed E-state index contributed by atoms with van der Waals surface area (Å²) in [6.45, 7) is 1.81. The molecule has 2 atom stereocenters. The Hall–Kier alpha value is -2.09. The number of piperidine rings is 1. The summed E-state index contributed by atoms with van der Waals surface area (Å²) in [6.07, 6.45) is 6.44. The van der Waals surface area contributed by atoms with E-state index in [-0.39, 0.29) is 5.91 Å². The fourth-order valence-corrected chi connectivity index (χ4v) is 5.06. The zero-order valence-corrected chi connectivity index (χ0v) is 16.4. The maximum atomic E-state index is 12.7. The highest BCUT2D eigenvalue weighted by Gasteiger charge is 2.32. The third kappa shape index (κ3) is 3.95. The number of methoxy groups -OCH3 is 1. The van der Waals surface area contributed by atoms with Gasteiger partial charge in [0, 0.05) is 13.1 Å². The lowest BCUT2D eigenvalue weighted by atomic mass is 9.75. The fourth-order valence-electron chi connectivity index (χ4n) is 4.27. The third-order valence-electron chi connectivity index (χ3n) is 5.72. The number of ether oxygens (including phenoxy) is 1. The molecule has 0 N–H and O–H groups in total. The highest BCUT2D eigenvalue weighted by Crippen LogP contribution is 2.36. The van der Waals surface area contributed by atoms with Crippen molar-refractivity contribution in [3.8, 4) is 11.4 Å². The second-order valence-corrected chi connectivity index (χ2v) is 8.21. The summed E-state index contributed by atoms with van der Waals surface area (Å²) in [5.41, 5.74) is 0.767. The van der Waals surface area contributed by atoms with Gasteiger partial charge in [-0.2, -0.15) is 4.68 Å². The molecule has 0 unspecified atom stereocenters. The second kappa shape index (κ2) is 8.29. The van der Waals surface area contributed by atoms with E-state index in [9.17, 15) is 4.79 Å². The van der Waals surface area contributed by atoms with Crippen molar-refractivity contribution in [2.24, 2.45) is 11.8 Å².